The van der Waals surface area contributed by atoms with Gasteiger partial charge in [-0.1, -0.05) is 304 Å². The van der Waals surface area contributed by atoms with E-state index < -0.39 is 0 Å². The zero-order valence-electron chi connectivity index (χ0n) is 56.7. The fraction of sp³-hybridized carbons (Fsp3) is 0.220. The predicted molar refractivity (Wildman–Crippen MR) is 409 cm³/mol. The Bertz CT molecular complexity index is 4580. The van der Waals surface area contributed by atoms with Gasteiger partial charge in [-0.25, -0.2) is 0 Å². The quantitative estimate of drug-likeness (QED) is 0.0346. The second-order valence-corrected chi connectivity index (χ2v) is 29.4. The van der Waals surface area contributed by atoms with Crippen LogP contribution in [0.15, 0.2) is 288 Å². The number of aromatic amines is 1. The highest BCUT2D eigenvalue weighted by atomic mass is 32.2. The molecule has 102 heavy (non-hydrogen) atoms. The van der Waals surface area contributed by atoms with Gasteiger partial charge in [-0.15, -0.1) is 11.8 Å². The molecule has 516 valence electrons. The Labute approximate surface area is 611 Å². The molecule has 20 heteroatoms. The Hall–Kier alpha value is -10.1. The van der Waals surface area contributed by atoms with Crippen molar-refractivity contribution in [1.29, 1.82) is 0 Å². The summed E-state index contributed by atoms with van der Waals surface area (Å²) in [6.45, 7) is 0. The minimum Gasteiger partial charge on any atom is -0.411 e. The third-order valence-corrected chi connectivity index (χ3v) is 23.2. The molecule has 16 nitrogen and oxygen atoms in total. The van der Waals surface area contributed by atoms with Crippen LogP contribution in [0.2, 0.25) is 0 Å². The minimum atomic E-state index is 0.250. The van der Waals surface area contributed by atoms with E-state index in [4.69, 9.17) is 14.7 Å². The lowest BCUT2D eigenvalue weighted by Gasteiger charge is -2.24. The second kappa shape index (κ2) is 34.5. The highest BCUT2D eigenvalue weighted by Crippen LogP contribution is 2.43. The van der Waals surface area contributed by atoms with E-state index in [1.165, 1.54) is 44.5 Å². The molecule has 4 atom stereocenters. The number of nitrogens with zero attached hydrogens (tertiary/aromatic N) is 10. The van der Waals surface area contributed by atoms with E-state index in [0.29, 0.717) is 29.9 Å². The van der Waals surface area contributed by atoms with Gasteiger partial charge in [-0.2, -0.15) is 15.3 Å². The van der Waals surface area contributed by atoms with Crippen LogP contribution in [0.5, 0.6) is 0 Å². The summed E-state index contributed by atoms with van der Waals surface area (Å²) in [7, 11) is 3.95. The Morgan fingerprint density at radius 3 is 1.19 bits per heavy atom. The number of aromatic nitrogens is 7. The topological polar surface area (TPSA) is 221 Å². The maximum atomic E-state index is 9.66. The summed E-state index contributed by atoms with van der Waals surface area (Å²) in [4.78, 5) is 0. The van der Waals surface area contributed by atoms with Gasteiger partial charge >= 0.3 is 0 Å². The number of nitrogens with one attached hydrogen (secondary N) is 1. The van der Waals surface area contributed by atoms with E-state index in [9.17, 15) is 20.8 Å². The number of fused-ring (bicyclic) bond motifs is 4. The lowest BCUT2D eigenvalue weighted by molar-refractivity contribution is 0.315. The molecular weight excluding hydrogens is 1350 g/mol. The molecule has 4 aromatic heterocycles. The number of aryl methyl sites for hydroxylation is 2. The van der Waals surface area contributed by atoms with Crippen LogP contribution in [-0.4, -0.2) is 78.6 Å². The molecular formula is C82H79N11O5S4. The van der Waals surface area contributed by atoms with E-state index in [1.807, 2.05) is 108 Å². The number of hydrogen-bond acceptors (Lipinski definition) is 17. The molecule has 0 spiro atoms. The molecule has 0 radical (unpaired) electrons. The number of thioether (sulfide) groups is 4. The molecule has 0 bridgehead atoms. The van der Waals surface area contributed by atoms with Gasteiger partial charge < -0.3 is 25.4 Å². The summed E-state index contributed by atoms with van der Waals surface area (Å²) in [6, 6.07) is 82.8. The van der Waals surface area contributed by atoms with Crippen molar-refractivity contribution in [2.75, 3.05) is 0 Å². The molecule has 12 aromatic rings. The van der Waals surface area contributed by atoms with Crippen molar-refractivity contribution in [3.63, 3.8) is 0 Å². The van der Waals surface area contributed by atoms with Crippen molar-refractivity contribution in [3.05, 3.63) is 332 Å². The van der Waals surface area contributed by atoms with Crippen LogP contribution in [0, 0.1) is 0 Å². The summed E-state index contributed by atoms with van der Waals surface area (Å²) < 4.78 is 9.47. The van der Waals surface area contributed by atoms with Gasteiger partial charge in [0.1, 0.15) is 25.9 Å². The molecule has 0 aliphatic heterocycles. The van der Waals surface area contributed by atoms with Crippen LogP contribution in [-0.2, 0) is 62.8 Å². The molecule has 16 rings (SSSR count). The van der Waals surface area contributed by atoms with Gasteiger partial charge in [0.2, 0.25) is 0 Å². The van der Waals surface area contributed by atoms with E-state index in [2.05, 4.69) is 194 Å². The first-order chi connectivity index (χ1) is 50.2. The maximum Gasteiger partial charge on any atom is 0.149 e. The first-order valence-electron chi connectivity index (χ1n) is 34.1. The average Bonchev–Trinajstić information content (AvgIpc) is 1.62. The summed E-state index contributed by atoms with van der Waals surface area (Å²) in [5.74, 6) is 5.36. The minimum absolute atomic E-state index is 0.250. The van der Waals surface area contributed by atoms with Crippen molar-refractivity contribution in [1.82, 2.24) is 34.9 Å². The molecule has 0 saturated carbocycles. The number of H-pyrrole nitrogens is 1. The summed E-state index contributed by atoms with van der Waals surface area (Å²) in [5, 5.41) is 78.0. The highest BCUT2D eigenvalue weighted by molar-refractivity contribution is 7.99. The number of oxime groups is 4. The van der Waals surface area contributed by atoms with Crippen molar-refractivity contribution in [2.45, 2.75) is 118 Å². The normalized spacial score (nSPS) is 18.1. The van der Waals surface area contributed by atoms with Gasteiger partial charge in [-0.3, -0.25) is 14.5 Å². The first-order valence-corrected chi connectivity index (χ1v) is 38.1. The van der Waals surface area contributed by atoms with Crippen LogP contribution >= 0.6 is 47.0 Å². The maximum absolute atomic E-state index is 9.66. The molecule has 0 amide bonds. The second-order valence-electron chi connectivity index (χ2n) is 25.5. The monoisotopic (exact) mass is 1430 g/mol. The summed E-state index contributed by atoms with van der Waals surface area (Å²) >= 11 is 6.74. The predicted octanol–water partition coefficient (Wildman–Crippen LogP) is 18.7. The van der Waals surface area contributed by atoms with E-state index in [0.717, 1.165) is 150 Å². The molecule has 4 unspecified atom stereocenters. The van der Waals surface area contributed by atoms with E-state index in [1.54, 1.807) is 47.0 Å². The Balaban J connectivity index is 0.000000121. The van der Waals surface area contributed by atoms with Gasteiger partial charge in [0.05, 0.1) is 50.8 Å². The SMILES string of the molecule is Cn1nc(SCc2ccccc2)c2c1CC(c1ccccc1)C/C2=N\O.Cn1nc2c(c1SCc1ccccc1)/C(=N/O)CC(c1ccccc1)C2.O/N=C1\CC(c2ccccc2)Cc2[nH]nc(SCc3ccccc3)c21.O/N=C1\CC(c2ccccc2)Cc2onc(SCc3ccccc3)c21. The lowest BCUT2D eigenvalue weighted by Crippen LogP contribution is -2.21. The van der Waals surface area contributed by atoms with Crippen LogP contribution in [0.3, 0.4) is 0 Å². The Morgan fingerprint density at radius 1 is 0.373 bits per heavy atom. The Kier molecular flexibility index (Phi) is 23.8. The fourth-order valence-electron chi connectivity index (χ4n) is 13.7. The summed E-state index contributed by atoms with van der Waals surface area (Å²) in [6.07, 6.45) is 6.33. The first kappa shape index (κ1) is 70.3. The highest BCUT2D eigenvalue weighted by Gasteiger charge is 2.36. The van der Waals surface area contributed by atoms with Crippen LogP contribution in [0.4, 0.5) is 0 Å². The third-order valence-electron chi connectivity index (χ3n) is 18.9. The standard InChI is InChI=1S/2C21H21N3OS.C20H19N3OS.C20H18N2O2S/c1-24-19-13-17(16-10-6-3-7-11-16)12-18(23-25)20(19)21(22-24)26-14-15-8-4-2-5-9-15;1-24-21(26-14-15-8-4-2-5-9-15)20-18(22-24)12-17(13-19(20)23-25)16-10-6-3-7-11-16;24-23-18-12-16(15-9-5-2-6-10-15)11-17-19(18)20(22-21-17)25-13-14-7-3-1-4-8-14;23-21-17-11-16(15-9-5-2-6-10-15)12-18-19(17)20(22-24-18)25-13-14-7-3-1-4-8-14/h2*2-11,17,25H,12-14H2,1H3;1-10,16,24H,11-13H2,(H,21,22);1-10,16,23H,11-13H2/b23-18+;23-19+;23-18+;21-17+. The van der Waals surface area contributed by atoms with Gasteiger partial charge in [0.15, 0.2) is 0 Å². The molecule has 5 N–H and O–H groups in total. The van der Waals surface area contributed by atoms with Crippen LogP contribution < -0.4 is 0 Å². The van der Waals surface area contributed by atoms with Gasteiger partial charge in [-0.05, 0) is 87.4 Å². The average molecular weight is 1430 g/mol. The van der Waals surface area contributed by atoms with Crippen molar-refractivity contribution < 1.29 is 25.4 Å². The fourth-order valence-corrected chi connectivity index (χ4v) is 17.8. The largest absolute Gasteiger partial charge is 0.411 e. The lowest BCUT2D eigenvalue weighted by atomic mass is 9.82. The molecule has 4 aliphatic carbocycles. The zero-order chi connectivity index (χ0) is 70.0. The number of benzene rings is 8. The smallest absolute Gasteiger partial charge is 0.149 e. The van der Waals surface area contributed by atoms with Crippen LogP contribution in [0.1, 0.15) is 139 Å². The molecule has 4 aliphatic rings. The summed E-state index contributed by atoms with van der Waals surface area (Å²) in [5.41, 5.74) is 20.0. The molecule has 0 fully saturated rings. The molecule has 0 saturated heterocycles. The van der Waals surface area contributed by atoms with Gasteiger partial charge in [0, 0.05) is 80.6 Å². The van der Waals surface area contributed by atoms with Crippen LogP contribution in [0.25, 0.3) is 0 Å². The van der Waals surface area contributed by atoms with Crippen molar-refractivity contribution in [3.8, 4) is 0 Å². The number of hydrogen-bond donors (Lipinski definition) is 5. The number of rotatable bonds is 16. The molecule has 8 aromatic carbocycles. The van der Waals surface area contributed by atoms with Crippen molar-refractivity contribution >= 4 is 69.9 Å². The van der Waals surface area contributed by atoms with Gasteiger partial charge in [0.25, 0.3) is 0 Å². The Morgan fingerprint density at radius 2 is 0.735 bits per heavy atom. The van der Waals surface area contributed by atoms with Crippen molar-refractivity contribution in [2.24, 2.45) is 34.7 Å². The van der Waals surface area contributed by atoms with E-state index >= 15 is 0 Å². The third kappa shape index (κ3) is 17.1. The molecule has 4 heterocycles. The zero-order valence-corrected chi connectivity index (χ0v) is 60.0. The van der Waals surface area contributed by atoms with E-state index in [-0.39, 0.29) is 5.92 Å².